The third kappa shape index (κ3) is 11.8. The van der Waals surface area contributed by atoms with Crippen LogP contribution in [0.15, 0.2) is 18.2 Å². The van der Waals surface area contributed by atoms with Crippen LogP contribution in [-0.4, -0.2) is 71.8 Å². The Bertz CT molecular complexity index is 750. The van der Waals surface area contributed by atoms with Crippen molar-refractivity contribution in [3.8, 4) is 17.2 Å². The van der Waals surface area contributed by atoms with Crippen molar-refractivity contribution in [2.45, 2.75) is 57.4 Å². The normalized spacial score (nSPS) is 13.7. The number of ether oxygens (including phenoxy) is 4. The lowest BCUT2D eigenvalue weighted by Crippen LogP contribution is -2.45. The average Bonchev–Trinajstić information content (AvgIpc) is 2.68. The van der Waals surface area contributed by atoms with Crippen LogP contribution < -0.4 is 14.2 Å². The molecule has 0 heterocycles. The second-order valence-corrected chi connectivity index (χ2v) is 20.4. The summed E-state index contributed by atoms with van der Waals surface area (Å²) in [6.07, 6.45) is 3.00. The highest BCUT2D eigenvalue weighted by Gasteiger charge is 2.29. The molecule has 0 radical (unpaired) electrons. The van der Waals surface area contributed by atoms with Crippen LogP contribution in [0.2, 0.25) is 39.3 Å². The van der Waals surface area contributed by atoms with Crippen molar-refractivity contribution in [3.63, 3.8) is 0 Å². The minimum Gasteiger partial charge on any atom is -0.493 e. The standard InChI is InChI=1S/C22H39FO7Si3/c1-25-17-14-16(15-18(26-2)21(17)27-3)10-11-20(24)28-13-12-19(23)31-22(29-32(4,5)6)30-33(7,8)9/h10-11,14-15,19,22H,12-13,31H2,1-9H3. The summed E-state index contributed by atoms with van der Waals surface area (Å²) >= 11 is 0. The Morgan fingerprint density at radius 2 is 1.48 bits per heavy atom. The number of hydrogen-bond donors (Lipinski definition) is 0. The largest absolute Gasteiger partial charge is 0.493 e. The number of hydrogen-bond acceptors (Lipinski definition) is 7. The first-order valence-corrected chi connectivity index (χ1v) is 19.4. The SMILES string of the molecule is COc1cc(C=CC(=O)OCCC(F)[SiH2]C(O[Si](C)(C)C)O[Si](C)(C)C)cc(OC)c1OC. The van der Waals surface area contributed by atoms with Gasteiger partial charge in [0.05, 0.1) is 33.7 Å². The van der Waals surface area contributed by atoms with Gasteiger partial charge in [0.1, 0.15) is 15.4 Å². The van der Waals surface area contributed by atoms with E-state index >= 15 is 0 Å². The summed E-state index contributed by atoms with van der Waals surface area (Å²) in [5.41, 5.74) is 0.673. The lowest BCUT2D eigenvalue weighted by molar-refractivity contribution is -0.137. The Morgan fingerprint density at radius 1 is 0.970 bits per heavy atom. The third-order valence-electron chi connectivity index (χ3n) is 4.19. The molecule has 1 unspecified atom stereocenters. The maximum absolute atomic E-state index is 14.6. The van der Waals surface area contributed by atoms with E-state index in [1.165, 1.54) is 27.4 Å². The molecule has 0 spiro atoms. The highest BCUT2D eigenvalue weighted by molar-refractivity contribution is 6.71. The summed E-state index contributed by atoms with van der Waals surface area (Å²) < 4.78 is 47.8. The topological polar surface area (TPSA) is 72.5 Å². The van der Waals surface area contributed by atoms with Gasteiger partial charge in [-0.25, -0.2) is 4.79 Å². The summed E-state index contributed by atoms with van der Waals surface area (Å²) in [5.74, 6) is -0.627. The molecule has 1 aromatic carbocycles. The van der Waals surface area contributed by atoms with Crippen molar-refractivity contribution < 1.29 is 37.0 Å². The first kappa shape index (κ1) is 29.4. The molecular weight excluding hydrogens is 479 g/mol. The van der Waals surface area contributed by atoms with Crippen molar-refractivity contribution in [1.82, 2.24) is 0 Å². The molecule has 7 nitrogen and oxygen atoms in total. The van der Waals surface area contributed by atoms with Gasteiger partial charge in [-0.05, 0) is 63.1 Å². The number of carbonyl (C=O) groups excluding carboxylic acids is 1. The molecule has 0 bridgehead atoms. The second-order valence-electron chi connectivity index (χ2n) is 9.47. The number of benzene rings is 1. The van der Waals surface area contributed by atoms with Crippen molar-refractivity contribution in [3.05, 3.63) is 23.8 Å². The Kier molecular flexibility index (Phi) is 11.8. The zero-order valence-electron chi connectivity index (χ0n) is 21.3. The molecular formula is C22H39FO7Si3. The van der Waals surface area contributed by atoms with E-state index in [4.69, 9.17) is 27.8 Å². The Balaban J connectivity index is 2.62. The molecule has 11 heteroatoms. The van der Waals surface area contributed by atoms with Gasteiger partial charge in [0.2, 0.25) is 5.75 Å². The quantitative estimate of drug-likeness (QED) is 0.159. The molecule has 0 aliphatic heterocycles. The smallest absolute Gasteiger partial charge is 0.330 e. The van der Waals surface area contributed by atoms with E-state index in [-0.39, 0.29) is 13.0 Å². The van der Waals surface area contributed by atoms with Crippen LogP contribution in [0.1, 0.15) is 12.0 Å². The van der Waals surface area contributed by atoms with Crippen LogP contribution in [0.4, 0.5) is 4.39 Å². The molecule has 0 saturated heterocycles. The van der Waals surface area contributed by atoms with Crippen LogP contribution in [0, 0.1) is 0 Å². The highest BCUT2D eigenvalue weighted by Crippen LogP contribution is 2.38. The summed E-state index contributed by atoms with van der Waals surface area (Å²) in [7, 11) is -0.474. The van der Waals surface area contributed by atoms with Gasteiger partial charge in [-0.3, -0.25) is 4.39 Å². The first-order chi connectivity index (χ1) is 15.3. The van der Waals surface area contributed by atoms with Gasteiger partial charge < -0.3 is 27.8 Å². The summed E-state index contributed by atoms with van der Waals surface area (Å²) in [6.45, 7) is 12.4. The van der Waals surface area contributed by atoms with Gasteiger partial charge >= 0.3 is 5.97 Å². The molecule has 1 atom stereocenters. The minimum atomic E-state index is -1.85. The maximum atomic E-state index is 14.6. The molecule has 1 rings (SSSR count). The van der Waals surface area contributed by atoms with Crippen molar-refractivity contribution >= 4 is 38.2 Å². The molecule has 1 aromatic rings. The molecule has 0 fully saturated rings. The fourth-order valence-electron chi connectivity index (χ4n) is 2.93. The zero-order valence-corrected chi connectivity index (χ0v) is 24.7. The van der Waals surface area contributed by atoms with E-state index < -0.39 is 43.8 Å². The van der Waals surface area contributed by atoms with Crippen molar-refractivity contribution in [1.29, 1.82) is 0 Å². The number of carbonyl (C=O) groups is 1. The van der Waals surface area contributed by atoms with Gasteiger partial charge in [-0.1, -0.05) is 0 Å². The predicted octanol–water partition coefficient (Wildman–Crippen LogP) is 4.11. The highest BCUT2D eigenvalue weighted by atomic mass is 28.4. The number of alkyl halides is 1. The van der Waals surface area contributed by atoms with Gasteiger partial charge in [-0.15, -0.1) is 0 Å². The first-order valence-electron chi connectivity index (χ1n) is 10.9. The summed E-state index contributed by atoms with van der Waals surface area (Å²) in [4.78, 5) is 12.1. The van der Waals surface area contributed by atoms with Gasteiger partial charge in [0.25, 0.3) is 0 Å². The van der Waals surface area contributed by atoms with Crippen LogP contribution in [0.5, 0.6) is 17.2 Å². The summed E-state index contributed by atoms with van der Waals surface area (Å²) in [6, 6.07) is 3.43. The lowest BCUT2D eigenvalue weighted by atomic mass is 10.1. The fraction of sp³-hybridized carbons (Fsp3) is 0.591. The van der Waals surface area contributed by atoms with Crippen molar-refractivity contribution in [2.24, 2.45) is 0 Å². The van der Waals surface area contributed by atoms with Gasteiger partial charge in [0, 0.05) is 12.5 Å². The Labute approximate surface area is 201 Å². The van der Waals surface area contributed by atoms with Crippen LogP contribution in [0.3, 0.4) is 0 Å². The molecule has 0 aliphatic rings. The molecule has 0 saturated carbocycles. The molecule has 33 heavy (non-hydrogen) atoms. The molecule has 0 aliphatic carbocycles. The Hall–Kier alpha value is -1.67. The van der Waals surface area contributed by atoms with Crippen LogP contribution in [-0.2, 0) is 18.4 Å². The predicted molar refractivity (Wildman–Crippen MR) is 137 cm³/mol. The maximum Gasteiger partial charge on any atom is 0.330 e. The number of esters is 1. The minimum absolute atomic E-state index is 0.000786. The van der Waals surface area contributed by atoms with E-state index in [2.05, 4.69) is 39.3 Å². The molecule has 0 N–H and O–H groups in total. The van der Waals surface area contributed by atoms with E-state index in [9.17, 15) is 9.18 Å². The fourth-order valence-corrected chi connectivity index (χ4v) is 9.29. The second kappa shape index (κ2) is 13.3. The van der Waals surface area contributed by atoms with E-state index in [0.29, 0.717) is 22.8 Å². The van der Waals surface area contributed by atoms with Crippen molar-refractivity contribution in [2.75, 3.05) is 27.9 Å². The van der Waals surface area contributed by atoms with Crippen LogP contribution in [0.25, 0.3) is 6.08 Å². The number of methoxy groups -OCH3 is 3. The molecule has 188 valence electrons. The molecule has 0 aromatic heterocycles. The molecule has 0 amide bonds. The van der Waals surface area contributed by atoms with Gasteiger partial charge in [0.15, 0.2) is 28.1 Å². The van der Waals surface area contributed by atoms with E-state index in [1.54, 1.807) is 18.2 Å². The van der Waals surface area contributed by atoms with E-state index in [0.717, 1.165) is 0 Å². The number of rotatable bonds is 14. The third-order valence-corrected chi connectivity index (χ3v) is 8.44. The zero-order chi connectivity index (χ0) is 25.2. The Morgan fingerprint density at radius 3 is 1.91 bits per heavy atom. The van der Waals surface area contributed by atoms with Crippen LogP contribution >= 0.6 is 0 Å². The number of halogens is 1. The lowest BCUT2D eigenvalue weighted by Gasteiger charge is -2.32. The monoisotopic (exact) mass is 518 g/mol. The van der Waals surface area contributed by atoms with Gasteiger partial charge in [-0.2, -0.15) is 0 Å². The average molecular weight is 519 g/mol. The summed E-state index contributed by atoms with van der Waals surface area (Å²) in [5, 5.41) is 0. The van der Waals surface area contributed by atoms with E-state index in [1.807, 2.05) is 0 Å².